The van der Waals surface area contributed by atoms with Crippen molar-refractivity contribution in [1.29, 1.82) is 0 Å². The predicted octanol–water partition coefficient (Wildman–Crippen LogP) is 4.77. The van der Waals surface area contributed by atoms with Crippen LogP contribution < -0.4 is 0 Å². The third-order valence-electron chi connectivity index (χ3n) is 5.47. The van der Waals surface area contributed by atoms with Crippen LogP contribution in [0.2, 0.25) is 0 Å². The van der Waals surface area contributed by atoms with Gasteiger partial charge in [-0.15, -0.1) is 0 Å². The largest absolute Gasteiger partial charge is 0.461 e. The summed E-state index contributed by atoms with van der Waals surface area (Å²) in [5.74, 6) is 0.208. The average molecular weight is 450 g/mol. The lowest BCUT2D eigenvalue weighted by Crippen LogP contribution is -2.21. The molecule has 2 aromatic heterocycles. The number of pyridine rings is 2. The number of esters is 1. The topological polar surface area (TPSA) is 72.4 Å². The fourth-order valence-electron chi connectivity index (χ4n) is 3.83. The van der Waals surface area contributed by atoms with E-state index in [4.69, 9.17) is 9.72 Å². The number of hydrogen-bond donors (Lipinski definition) is 0. The number of aromatic nitrogens is 2. The molecule has 0 N–H and O–H groups in total. The summed E-state index contributed by atoms with van der Waals surface area (Å²) < 4.78 is 20.0. The Kier molecular flexibility index (Phi) is 7.07. The number of unbranched alkanes of at least 4 members (excludes halogenated alkanes) is 1. The molecule has 6 nitrogen and oxygen atoms in total. The first kappa shape index (κ1) is 22.3. The van der Waals surface area contributed by atoms with Gasteiger partial charge in [-0.2, -0.15) is 0 Å². The van der Waals surface area contributed by atoms with E-state index in [2.05, 4.69) is 18.0 Å². The Hall–Kier alpha value is -2.90. The van der Waals surface area contributed by atoms with Crippen molar-refractivity contribution in [2.75, 3.05) is 12.4 Å². The van der Waals surface area contributed by atoms with Gasteiger partial charge in [0.1, 0.15) is 5.69 Å². The van der Waals surface area contributed by atoms with Crippen molar-refractivity contribution in [1.82, 2.24) is 14.3 Å². The number of hydrogen-bond acceptors (Lipinski definition) is 5. The van der Waals surface area contributed by atoms with Gasteiger partial charge in [0.25, 0.3) is 0 Å². The van der Waals surface area contributed by atoms with E-state index in [1.807, 2.05) is 40.8 Å². The molecular formula is C25H27N3O3S. The molecule has 1 aromatic carbocycles. The molecule has 1 unspecified atom stereocenters. The van der Waals surface area contributed by atoms with E-state index >= 15 is 0 Å². The Morgan fingerprint density at radius 3 is 2.66 bits per heavy atom. The van der Waals surface area contributed by atoms with E-state index in [1.165, 1.54) is 0 Å². The Labute approximate surface area is 191 Å². The summed E-state index contributed by atoms with van der Waals surface area (Å²) in [6.45, 7) is 5.25. The van der Waals surface area contributed by atoms with Crippen LogP contribution in [0.3, 0.4) is 0 Å². The van der Waals surface area contributed by atoms with Gasteiger partial charge in [-0.3, -0.25) is 4.98 Å². The number of fused-ring (bicyclic) bond motifs is 1. The van der Waals surface area contributed by atoms with E-state index in [0.717, 1.165) is 46.4 Å². The SMILES string of the molecule is CCCCS(=O)N1Cc2cc(C(=O)OCC)nc(-c3cccc(-c4cccnc4)c3)c2C1. The van der Waals surface area contributed by atoms with Crippen LogP contribution in [0.1, 0.15) is 48.3 Å². The van der Waals surface area contributed by atoms with Gasteiger partial charge >= 0.3 is 5.97 Å². The maximum Gasteiger partial charge on any atom is 0.356 e. The number of nitrogens with zero attached hydrogens (tertiary/aromatic N) is 3. The summed E-state index contributed by atoms with van der Waals surface area (Å²) in [7, 11) is -1.06. The second-order valence-corrected chi connectivity index (χ2v) is 9.28. The van der Waals surface area contributed by atoms with Gasteiger partial charge in [-0.1, -0.05) is 37.6 Å². The van der Waals surface area contributed by atoms with Gasteiger partial charge in [0, 0.05) is 42.4 Å². The maximum atomic E-state index is 12.8. The minimum absolute atomic E-state index is 0.286. The standard InChI is InChI=1S/C25H27N3O3S/c1-3-5-12-32(30)28-16-21-14-23(25(29)31-4-2)27-24(22(21)17-28)19-9-6-8-18(13-19)20-10-7-11-26-15-20/h6-11,13-15H,3-5,12,16-17H2,1-2H3. The van der Waals surface area contributed by atoms with E-state index in [-0.39, 0.29) is 12.3 Å². The zero-order valence-electron chi connectivity index (χ0n) is 18.4. The van der Waals surface area contributed by atoms with Crippen molar-refractivity contribution in [3.8, 4) is 22.4 Å². The molecule has 0 saturated heterocycles. The van der Waals surface area contributed by atoms with Crippen molar-refractivity contribution in [3.63, 3.8) is 0 Å². The molecule has 3 aromatic rings. The number of rotatable bonds is 8. The molecule has 0 bridgehead atoms. The third kappa shape index (κ3) is 4.79. The van der Waals surface area contributed by atoms with Gasteiger partial charge in [0.2, 0.25) is 0 Å². The normalized spacial score (nSPS) is 14.2. The Balaban J connectivity index is 1.76. The fraction of sp³-hybridized carbons (Fsp3) is 0.320. The second kappa shape index (κ2) is 10.1. The molecule has 0 saturated carbocycles. The van der Waals surface area contributed by atoms with Gasteiger partial charge in [0.05, 0.1) is 23.3 Å². The van der Waals surface area contributed by atoms with E-state index < -0.39 is 17.0 Å². The highest BCUT2D eigenvalue weighted by Crippen LogP contribution is 2.34. The van der Waals surface area contributed by atoms with Crippen LogP contribution in [0.15, 0.2) is 54.9 Å². The van der Waals surface area contributed by atoms with E-state index in [1.54, 1.807) is 19.2 Å². The summed E-state index contributed by atoms with van der Waals surface area (Å²) >= 11 is 0. The molecule has 1 aliphatic rings. The van der Waals surface area contributed by atoms with Crippen LogP contribution in [0, 0.1) is 0 Å². The first-order chi connectivity index (χ1) is 15.6. The zero-order valence-corrected chi connectivity index (χ0v) is 19.2. The van der Waals surface area contributed by atoms with Crippen molar-refractivity contribution >= 4 is 17.0 Å². The van der Waals surface area contributed by atoms with Crippen LogP contribution in [0.25, 0.3) is 22.4 Å². The molecule has 0 amide bonds. The van der Waals surface area contributed by atoms with Gasteiger partial charge < -0.3 is 4.74 Å². The molecule has 0 radical (unpaired) electrons. The summed E-state index contributed by atoms with van der Waals surface area (Å²) in [4.78, 5) is 21.4. The molecule has 4 rings (SSSR count). The Morgan fingerprint density at radius 2 is 1.91 bits per heavy atom. The molecule has 166 valence electrons. The third-order valence-corrected chi connectivity index (χ3v) is 6.95. The second-order valence-electron chi connectivity index (χ2n) is 7.71. The highest BCUT2D eigenvalue weighted by molar-refractivity contribution is 7.82. The first-order valence-electron chi connectivity index (χ1n) is 10.9. The first-order valence-corrected chi connectivity index (χ1v) is 12.2. The molecule has 0 aliphatic carbocycles. The molecular weight excluding hydrogens is 422 g/mol. The summed E-state index contributed by atoms with van der Waals surface area (Å²) in [6, 6.07) is 13.8. The lowest BCUT2D eigenvalue weighted by molar-refractivity contribution is 0.0519. The number of carbonyl (C=O) groups is 1. The van der Waals surface area contributed by atoms with Gasteiger partial charge in [-0.25, -0.2) is 18.3 Å². The summed E-state index contributed by atoms with van der Waals surface area (Å²) in [5.41, 5.74) is 5.97. The molecule has 1 atom stereocenters. The quantitative estimate of drug-likeness (QED) is 0.463. The highest BCUT2D eigenvalue weighted by atomic mass is 32.2. The van der Waals surface area contributed by atoms with Crippen LogP contribution in [0.5, 0.6) is 0 Å². The number of benzene rings is 1. The minimum Gasteiger partial charge on any atom is -0.461 e. The summed E-state index contributed by atoms with van der Waals surface area (Å²) in [5, 5.41) is 0. The monoisotopic (exact) mass is 449 g/mol. The van der Waals surface area contributed by atoms with Gasteiger partial charge in [0.15, 0.2) is 0 Å². The Morgan fingerprint density at radius 1 is 1.09 bits per heavy atom. The van der Waals surface area contributed by atoms with Crippen molar-refractivity contribution < 1.29 is 13.7 Å². The smallest absolute Gasteiger partial charge is 0.356 e. The van der Waals surface area contributed by atoms with Crippen LogP contribution in [-0.2, 0) is 28.8 Å². The van der Waals surface area contributed by atoms with Crippen LogP contribution >= 0.6 is 0 Å². The maximum absolute atomic E-state index is 12.8. The fourth-order valence-corrected chi connectivity index (χ4v) is 5.18. The highest BCUT2D eigenvalue weighted by Gasteiger charge is 2.29. The molecule has 0 spiro atoms. The molecule has 7 heteroatoms. The molecule has 32 heavy (non-hydrogen) atoms. The van der Waals surface area contributed by atoms with E-state index in [9.17, 15) is 9.00 Å². The van der Waals surface area contributed by atoms with Crippen LogP contribution in [0.4, 0.5) is 0 Å². The lowest BCUT2D eigenvalue weighted by atomic mass is 9.98. The lowest BCUT2D eigenvalue weighted by Gasteiger charge is -2.14. The minimum atomic E-state index is -1.06. The van der Waals surface area contributed by atoms with Crippen LogP contribution in [-0.4, -0.2) is 36.8 Å². The zero-order chi connectivity index (χ0) is 22.5. The van der Waals surface area contributed by atoms with Gasteiger partial charge in [-0.05, 0) is 48.2 Å². The van der Waals surface area contributed by atoms with Crippen molar-refractivity contribution in [3.05, 3.63) is 71.7 Å². The predicted molar refractivity (Wildman–Crippen MR) is 126 cm³/mol. The molecule has 3 heterocycles. The van der Waals surface area contributed by atoms with E-state index in [0.29, 0.717) is 18.8 Å². The molecule has 1 aliphatic heterocycles. The molecule has 0 fully saturated rings. The van der Waals surface area contributed by atoms with Crippen molar-refractivity contribution in [2.45, 2.75) is 39.8 Å². The average Bonchev–Trinajstić information content (AvgIpc) is 3.27. The summed E-state index contributed by atoms with van der Waals surface area (Å²) in [6.07, 6.45) is 5.50. The van der Waals surface area contributed by atoms with Crippen molar-refractivity contribution in [2.24, 2.45) is 0 Å². The Bertz CT molecular complexity index is 1130. The number of ether oxygens (including phenoxy) is 1. The number of carbonyl (C=O) groups excluding carboxylic acids is 1.